The van der Waals surface area contributed by atoms with Crippen LogP contribution in [0.5, 0.6) is 0 Å². The minimum atomic E-state index is -0.303. The normalized spacial score (nSPS) is 11.4. The van der Waals surface area contributed by atoms with Crippen molar-refractivity contribution in [3.05, 3.63) is 95.6 Å². The van der Waals surface area contributed by atoms with Gasteiger partial charge in [0.2, 0.25) is 0 Å². The molecule has 0 aliphatic rings. The molecule has 3 N–H and O–H groups in total. The fourth-order valence-electron chi connectivity index (χ4n) is 4.02. The van der Waals surface area contributed by atoms with Gasteiger partial charge in [0, 0.05) is 26.3 Å². The summed E-state index contributed by atoms with van der Waals surface area (Å²) >= 11 is 0. The number of hydrogen-bond donors (Lipinski definition) is 2. The lowest BCUT2D eigenvalue weighted by molar-refractivity contribution is 0.0956. The number of nitrogens with one attached hydrogen (secondary N) is 1. The first-order chi connectivity index (χ1) is 17.5. The molecule has 1 amide bonds. The number of nitrogen functional groups attached to an aromatic ring is 1. The molecule has 0 bridgehead atoms. The monoisotopic (exact) mass is 477 g/mol. The number of nitrogens with zero attached hydrogens (tertiary/aromatic N) is 5. The van der Waals surface area contributed by atoms with E-state index in [1.54, 1.807) is 6.21 Å². The lowest BCUT2D eigenvalue weighted by Gasteiger charge is -2.11. The molecule has 5 rings (SSSR count). The number of para-hydroxylation sites is 2. The standard InChI is InChI=1S/C28H27N7O/c1-34(2)21-14-12-20(13-15-21)18-31-35-26(29)24(28(36)30-17-16-19-8-4-3-5-9-19)25-27(35)33-23-11-7-6-10-22(23)32-25/h3-15,18H,16-17,29H2,1-2H3,(H,30,36). The topological polar surface area (TPSA) is 101 Å². The third-order valence-corrected chi connectivity index (χ3v) is 5.97. The Hall–Kier alpha value is -4.72. The van der Waals surface area contributed by atoms with Crippen LogP contribution < -0.4 is 16.0 Å². The molecule has 0 radical (unpaired) electrons. The SMILES string of the molecule is CN(C)c1ccc(C=Nn2c(N)c(C(=O)NCCc3ccccc3)c3nc4ccccc4nc32)cc1. The van der Waals surface area contributed by atoms with Crippen molar-refractivity contribution in [2.75, 3.05) is 31.3 Å². The second-order valence-corrected chi connectivity index (χ2v) is 8.68. The minimum Gasteiger partial charge on any atom is -0.383 e. The predicted molar refractivity (Wildman–Crippen MR) is 146 cm³/mol. The van der Waals surface area contributed by atoms with Gasteiger partial charge in [0.1, 0.15) is 16.9 Å². The quantitative estimate of drug-likeness (QED) is 0.344. The molecular formula is C28H27N7O. The second-order valence-electron chi connectivity index (χ2n) is 8.68. The number of rotatable bonds is 7. The smallest absolute Gasteiger partial charge is 0.257 e. The third-order valence-electron chi connectivity index (χ3n) is 5.97. The first kappa shape index (κ1) is 23.0. The second kappa shape index (κ2) is 9.87. The van der Waals surface area contributed by atoms with E-state index in [2.05, 4.69) is 10.4 Å². The number of fused-ring (bicyclic) bond motifs is 2. The summed E-state index contributed by atoms with van der Waals surface area (Å²) in [6.45, 7) is 0.470. The van der Waals surface area contributed by atoms with E-state index in [0.29, 0.717) is 35.2 Å². The highest BCUT2D eigenvalue weighted by atomic mass is 16.1. The van der Waals surface area contributed by atoms with Gasteiger partial charge in [-0.3, -0.25) is 4.79 Å². The van der Waals surface area contributed by atoms with Crippen molar-refractivity contribution < 1.29 is 4.79 Å². The van der Waals surface area contributed by atoms with Crippen LogP contribution >= 0.6 is 0 Å². The molecule has 36 heavy (non-hydrogen) atoms. The van der Waals surface area contributed by atoms with Crippen molar-refractivity contribution in [1.82, 2.24) is 20.0 Å². The van der Waals surface area contributed by atoms with Gasteiger partial charge in [-0.1, -0.05) is 54.6 Å². The predicted octanol–water partition coefficient (Wildman–Crippen LogP) is 4.09. The molecule has 0 aliphatic heterocycles. The first-order valence-corrected chi connectivity index (χ1v) is 11.7. The van der Waals surface area contributed by atoms with E-state index < -0.39 is 0 Å². The van der Waals surface area contributed by atoms with Crippen LogP contribution in [-0.4, -0.2) is 47.4 Å². The number of hydrogen-bond acceptors (Lipinski definition) is 6. The molecule has 5 aromatic rings. The molecule has 0 saturated carbocycles. The average Bonchev–Trinajstić information content (AvgIpc) is 3.16. The summed E-state index contributed by atoms with van der Waals surface area (Å²) in [5, 5.41) is 7.56. The first-order valence-electron chi connectivity index (χ1n) is 11.7. The zero-order valence-corrected chi connectivity index (χ0v) is 20.2. The maximum absolute atomic E-state index is 13.3. The lowest BCUT2D eigenvalue weighted by Crippen LogP contribution is -2.26. The Labute approximate surface area is 209 Å². The third kappa shape index (κ3) is 4.61. The highest BCUT2D eigenvalue weighted by molar-refractivity contribution is 6.10. The number of anilines is 2. The molecule has 8 nitrogen and oxygen atoms in total. The van der Waals surface area contributed by atoms with Crippen molar-refractivity contribution in [2.45, 2.75) is 6.42 Å². The molecule has 0 saturated heterocycles. The van der Waals surface area contributed by atoms with Gasteiger partial charge < -0.3 is 16.0 Å². The summed E-state index contributed by atoms with van der Waals surface area (Å²) in [5.41, 5.74) is 12.1. The molecule has 3 aromatic carbocycles. The molecular weight excluding hydrogens is 450 g/mol. The van der Waals surface area contributed by atoms with E-state index >= 15 is 0 Å². The zero-order valence-electron chi connectivity index (χ0n) is 20.2. The summed E-state index contributed by atoms with van der Waals surface area (Å²) in [5.74, 6) is -0.110. The Morgan fingerprint density at radius 1 is 0.972 bits per heavy atom. The van der Waals surface area contributed by atoms with Crippen LogP contribution in [0.4, 0.5) is 11.5 Å². The van der Waals surface area contributed by atoms with Crippen LogP contribution in [0.1, 0.15) is 21.5 Å². The van der Waals surface area contributed by atoms with Gasteiger partial charge in [-0.05, 0) is 41.8 Å². The van der Waals surface area contributed by atoms with Crippen molar-refractivity contribution in [3.63, 3.8) is 0 Å². The molecule has 0 fully saturated rings. The largest absolute Gasteiger partial charge is 0.383 e. The molecule has 2 aromatic heterocycles. The number of amides is 1. The Morgan fingerprint density at radius 2 is 1.64 bits per heavy atom. The average molecular weight is 478 g/mol. The minimum absolute atomic E-state index is 0.193. The maximum atomic E-state index is 13.3. The van der Waals surface area contributed by atoms with Gasteiger partial charge >= 0.3 is 0 Å². The number of nitrogens with two attached hydrogens (primary N) is 1. The Morgan fingerprint density at radius 3 is 2.33 bits per heavy atom. The molecule has 0 spiro atoms. The van der Waals surface area contributed by atoms with E-state index in [1.165, 1.54) is 4.68 Å². The van der Waals surface area contributed by atoms with E-state index in [9.17, 15) is 4.79 Å². The van der Waals surface area contributed by atoms with Crippen LogP contribution in [0.25, 0.3) is 22.2 Å². The van der Waals surface area contributed by atoms with Crippen LogP contribution in [0.15, 0.2) is 84.0 Å². The van der Waals surface area contributed by atoms with Crippen molar-refractivity contribution in [3.8, 4) is 0 Å². The molecule has 2 heterocycles. The fourth-order valence-corrected chi connectivity index (χ4v) is 4.02. The van der Waals surface area contributed by atoms with E-state index in [0.717, 1.165) is 16.8 Å². The van der Waals surface area contributed by atoms with Crippen molar-refractivity contribution >= 4 is 45.8 Å². The summed E-state index contributed by atoms with van der Waals surface area (Å²) in [6, 6.07) is 25.5. The summed E-state index contributed by atoms with van der Waals surface area (Å²) < 4.78 is 1.49. The van der Waals surface area contributed by atoms with Crippen LogP contribution in [0.2, 0.25) is 0 Å². The van der Waals surface area contributed by atoms with Crippen LogP contribution in [0.3, 0.4) is 0 Å². The molecule has 0 aliphatic carbocycles. The molecule has 0 unspecified atom stereocenters. The Bertz CT molecular complexity index is 1550. The highest BCUT2D eigenvalue weighted by Crippen LogP contribution is 2.28. The van der Waals surface area contributed by atoms with Gasteiger partial charge in [-0.15, -0.1) is 0 Å². The van der Waals surface area contributed by atoms with Gasteiger partial charge in [0.15, 0.2) is 5.65 Å². The number of aromatic nitrogens is 3. The van der Waals surface area contributed by atoms with Crippen LogP contribution in [0, 0.1) is 0 Å². The number of carbonyl (C=O) groups is 1. The van der Waals surface area contributed by atoms with E-state index in [-0.39, 0.29) is 17.3 Å². The highest BCUT2D eigenvalue weighted by Gasteiger charge is 2.23. The van der Waals surface area contributed by atoms with Gasteiger partial charge in [0.05, 0.1) is 17.2 Å². The molecule has 8 heteroatoms. The maximum Gasteiger partial charge on any atom is 0.257 e. The Kier molecular flexibility index (Phi) is 6.32. The molecule has 0 atom stereocenters. The number of benzene rings is 3. The van der Waals surface area contributed by atoms with Crippen LogP contribution in [-0.2, 0) is 6.42 Å². The van der Waals surface area contributed by atoms with E-state index in [4.69, 9.17) is 15.7 Å². The number of carbonyl (C=O) groups excluding carboxylic acids is 1. The zero-order chi connectivity index (χ0) is 25.1. The van der Waals surface area contributed by atoms with E-state index in [1.807, 2.05) is 97.9 Å². The summed E-state index contributed by atoms with van der Waals surface area (Å²) in [4.78, 5) is 24.8. The van der Waals surface area contributed by atoms with Crippen molar-refractivity contribution in [2.24, 2.45) is 5.10 Å². The Balaban J connectivity index is 1.51. The fraction of sp³-hybridized carbons (Fsp3) is 0.143. The van der Waals surface area contributed by atoms with Gasteiger partial charge in [0.25, 0.3) is 5.91 Å². The summed E-state index contributed by atoms with van der Waals surface area (Å²) in [7, 11) is 3.98. The van der Waals surface area contributed by atoms with Gasteiger partial charge in [-0.25, -0.2) is 9.97 Å². The van der Waals surface area contributed by atoms with Gasteiger partial charge in [-0.2, -0.15) is 9.78 Å². The lowest BCUT2D eigenvalue weighted by atomic mass is 10.1. The summed E-state index contributed by atoms with van der Waals surface area (Å²) in [6.07, 6.45) is 2.41. The molecule has 180 valence electrons. The van der Waals surface area contributed by atoms with Crippen molar-refractivity contribution in [1.29, 1.82) is 0 Å².